The molecule has 0 aliphatic heterocycles. The number of hydrogen-bond acceptors (Lipinski definition) is 5. The Kier molecular flexibility index (Phi) is 4.83. The maximum Gasteiger partial charge on any atom is 0.263 e. The van der Waals surface area contributed by atoms with Crippen LogP contribution in [0.4, 0.5) is 5.69 Å². The van der Waals surface area contributed by atoms with Crippen LogP contribution in [0.15, 0.2) is 24.3 Å². The number of aromatic nitrogens is 1. The van der Waals surface area contributed by atoms with E-state index in [1.807, 2.05) is 38.1 Å². The summed E-state index contributed by atoms with van der Waals surface area (Å²) in [4.78, 5) is 18.2. The third-order valence-corrected chi connectivity index (χ3v) is 5.69. The molecular formula is C18H18ClN3O2S. The number of carbonyl (C=O) groups is 1. The number of thiophene rings is 1. The molecule has 0 unspecified atom stereocenters. The predicted octanol–water partition coefficient (Wildman–Crippen LogP) is 4.09. The van der Waals surface area contributed by atoms with Gasteiger partial charge >= 0.3 is 0 Å². The molecule has 0 atom stereocenters. The lowest BCUT2D eigenvalue weighted by atomic mass is 10.1. The van der Waals surface area contributed by atoms with Crippen molar-refractivity contribution in [1.82, 2.24) is 10.3 Å². The van der Waals surface area contributed by atoms with Crippen molar-refractivity contribution in [2.45, 2.75) is 20.4 Å². The summed E-state index contributed by atoms with van der Waals surface area (Å²) in [7, 11) is 1.62. The van der Waals surface area contributed by atoms with Gasteiger partial charge in [-0.05, 0) is 37.1 Å². The average Bonchev–Trinajstić information content (AvgIpc) is 2.94. The van der Waals surface area contributed by atoms with Crippen molar-refractivity contribution >= 4 is 44.7 Å². The van der Waals surface area contributed by atoms with Crippen LogP contribution in [0.1, 0.15) is 26.5 Å². The number of halogens is 1. The van der Waals surface area contributed by atoms with Gasteiger partial charge in [-0.15, -0.1) is 11.3 Å². The van der Waals surface area contributed by atoms with Gasteiger partial charge in [0.05, 0.1) is 23.5 Å². The van der Waals surface area contributed by atoms with E-state index in [1.54, 1.807) is 7.11 Å². The fourth-order valence-corrected chi connectivity index (χ4v) is 3.88. The molecule has 3 N–H and O–H groups in total. The highest BCUT2D eigenvalue weighted by Crippen LogP contribution is 2.38. The second kappa shape index (κ2) is 6.90. The first kappa shape index (κ1) is 17.5. The number of hydrogen-bond donors (Lipinski definition) is 2. The molecular weight excluding hydrogens is 358 g/mol. The second-order valence-corrected chi connectivity index (χ2v) is 7.07. The van der Waals surface area contributed by atoms with Gasteiger partial charge in [0.2, 0.25) is 0 Å². The van der Waals surface area contributed by atoms with Crippen LogP contribution in [-0.4, -0.2) is 18.0 Å². The Morgan fingerprint density at radius 2 is 2.00 bits per heavy atom. The van der Waals surface area contributed by atoms with Crippen molar-refractivity contribution < 1.29 is 9.53 Å². The Morgan fingerprint density at radius 3 is 2.64 bits per heavy atom. The van der Waals surface area contributed by atoms with Gasteiger partial charge in [0.25, 0.3) is 5.91 Å². The van der Waals surface area contributed by atoms with Gasteiger partial charge in [0.15, 0.2) is 0 Å². The van der Waals surface area contributed by atoms with Crippen LogP contribution in [0.5, 0.6) is 5.75 Å². The zero-order chi connectivity index (χ0) is 18.1. The molecule has 0 saturated heterocycles. The van der Waals surface area contributed by atoms with Gasteiger partial charge in [0, 0.05) is 11.9 Å². The van der Waals surface area contributed by atoms with Gasteiger partial charge < -0.3 is 15.8 Å². The highest BCUT2D eigenvalue weighted by atomic mass is 35.5. The zero-order valence-electron chi connectivity index (χ0n) is 14.1. The lowest BCUT2D eigenvalue weighted by molar-refractivity contribution is 0.0956. The molecule has 1 amide bonds. The summed E-state index contributed by atoms with van der Waals surface area (Å²) >= 11 is 7.54. The standard InChI is InChI=1S/C18H18ClN3O2S/c1-9-13-15(20)16(25-18(13)22-10(2)14(9)19)17(23)21-8-11-4-6-12(24-3)7-5-11/h4-7H,8,20H2,1-3H3,(H,21,23). The Labute approximate surface area is 154 Å². The number of nitrogens with two attached hydrogens (primary N) is 1. The Balaban J connectivity index is 1.84. The van der Waals surface area contributed by atoms with Gasteiger partial charge in [0.1, 0.15) is 15.5 Å². The topological polar surface area (TPSA) is 77.2 Å². The molecule has 25 heavy (non-hydrogen) atoms. The minimum Gasteiger partial charge on any atom is -0.497 e. The molecule has 2 aromatic heterocycles. The molecule has 0 aliphatic carbocycles. The third kappa shape index (κ3) is 3.27. The largest absolute Gasteiger partial charge is 0.497 e. The number of rotatable bonds is 4. The molecule has 5 nitrogen and oxygen atoms in total. The smallest absolute Gasteiger partial charge is 0.263 e. The summed E-state index contributed by atoms with van der Waals surface area (Å²) < 4.78 is 5.12. The molecule has 0 aliphatic rings. The Morgan fingerprint density at radius 1 is 1.32 bits per heavy atom. The van der Waals surface area contributed by atoms with Crippen molar-refractivity contribution in [3.63, 3.8) is 0 Å². The summed E-state index contributed by atoms with van der Waals surface area (Å²) in [5, 5.41) is 4.24. The van der Waals surface area contributed by atoms with Crippen molar-refractivity contribution in [3.8, 4) is 5.75 Å². The van der Waals surface area contributed by atoms with Crippen LogP contribution in [0.25, 0.3) is 10.2 Å². The van der Waals surface area contributed by atoms with Crippen LogP contribution < -0.4 is 15.8 Å². The minimum absolute atomic E-state index is 0.218. The number of ether oxygens (including phenoxy) is 1. The number of benzene rings is 1. The third-order valence-electron chi connectivity index (χ3n) is 4.04. The number of methoxy groups -OCH3 is 1. The molecule has 3 rings (SSSR count). The first-order valence-corrected chi connectivity index (χ1v) is 8.87. The summed E-state index contributed by atoms with van der Waals surface area (Å²) in [5.41, 5.74) is 9.19. The average molecular weight is 376 g/mol. The maximum atomic E-state index is 12.5. The first-order chi connectivity index (χ1) is 11.9. The molecule has 3 aromatic rings. The number of amides is 1. The van der Waals surface area contributed by atoms with Crippen LogP contribution >= 0.6 is 22.9 Å². The number of nitrogens with one attached hydrogen (secondary N) is 1. The van der Waals surface area contributed by atoms with E-state index in [0.717, 1.165) is 32.8 Å². The predicted molar refractivity (Wildman–Crippen MR) is 103 cm³/mol. The van der Waals surface area contributed by atoms with Gasteiger partial charge in [-0.1, -0.05) is 23.7 Å². The highest BCUT2D eigenvalue weighted by molar-refractivity contribution is 7.21. The van der Waals surface area contributed by atoms with E-state index in [0.29, 0.717) is 22.1 Å². The fraction of sp³-hybridized carbons (Fsp3) is 0.222. The van der Waals surface area contributed by atoms with E-state index >= 15 is 0 Å². The SMILES string of the molecule is COc1ccc(CNC(=O)c2sc3nc(C)c(Cl)c(C)c3c2N)cc1. The summed E-state index contributed by atoms with van der Waals surface area (Å²) in [6.45, 7) is 4.14. The van der Waals surface area contributed by atoms with Crippen LogP contribution in [0, 0.1) is 13.8 Å². The van der Waals surface area contributed by atoms with Crippen molar-refractivity contribution in [1.29, 1.82) is 0 Å². The number of anilines is 1. The van der Waals surface area contributed by atoms with Gasteiger partial charge in [-0.2, -0.15) is 0 Å². The molecule has 0 spiro atoms. The van der Waals surface area contributed by atoms with E-state index in [2.05, 4.69) is 10.3 Å². The molecule has 7 heteroatoms. The number of carbonyl (C=O) groups excluding carboxylic acids is 1. The van der Waals surface area contributed by atoms with E-state index in [9.17, 15) is 4.79 Å². The Bertz CT molecular complexity index is 951. The monoisotopic (exact) mass is 375 g/mol. The summed E-state index contributed by atoms with van der Waals surface area (Å²) in [6, 6.07) is 7.52. The molecule has 2 heterocycles. The quantitative estimate of drug-likeness (QED) is 0.720. The van der Waals surface area contributed by atoms with Crippen LogP contribution in [-0.2, 0) is 6.54 Å². The number of nitrogens with zero attached hydrogens (tertiary/aromatic N) is 1. The van der Waals surface area contributed by atoms with Gasteiger partial charge in [-0.3, -0.25) is 4.79 Å². The first-order valence-electron chi connectivity index (χ1n) is 7.68. The van der Waals surface area contributed by atoms with Crippen molar-refractivity contribution in [2.24, 2.45) is 0 Å². The number of aryl methyl sites for hydroxylation is 2. The zero-order valence-corrected chi connectivity index (χ0v) is 15.7. The lowest BCUT2D eigenvalue weighted by Gasteiger charge is -2.06. The van der Waals surface area contributed by atoms with E-state index in [1.165, 1.54) is 11.3 Å². The number of nitrogen functional groups attached to an aromatic ring is 1. The molecule has 0 radical (unpaired) electrons. The lowest BCUT2D eigenvalue weighted by Crippen LogP contribution is -2.22. The fourth-order valence-electron chi connectivity index (χ4n) is 2.63. The number of pyridine rings is 1. The maximum absolute atomic E-state index is 12.5. The van der Waals surface area contributed by atoms with E-state index in [-0.39, 0.29) is 5.91 Å². The van der Waals surface area contributed by atoms with Crippen molar-refractivity contribution in [3.05, 3.63) is 51.0 Å². The number of fused-ring (bicyclic) bond motifs is 1. The summed E-state index contributed by atoms with van der Waals surface area (Å²) in [5.74, 6) is 0.558. The van der Waals surface area contributed by atoms with Crippen molar-refractivity contribution in [2.75, 3.05) is 12.8 Å². The minimum atomic E-state index is -0.218. The molecule has 0 bridgehead atoms. The second-order valence-electron chi connectivity index (χ2n) is 5.69. The molecule has 1 aromatic carbocycles. The van der Waals surface area contributed by atoms with E-state index < -0.39 is 0 Å². The van der Waals surface area contributed by atoms with Gasteiger partial charge in [-0.25, -0.2) is 4.98 Å². The van der Waals surface area contributed by atoms with E-state index in [4.69, 9.17) is 22.1 Å². The Hall–Kier alpha value is -2.31. The highest BCUT2D eigenvalue weighted by Gasteiger charge is 2.20. The van der Waals surface area contributed by atoms with Crippen LogP contribution in [0.3, 0.4) is 0 Å². The molecule has 0 fully saturated rings. The molecule has 130 valence electrons. The normalized spacial score (nSPS) is 10.9. The molecule has 0 saturated carbocycles. The van der Waals surface area contributed by atoms with Crippen LogP contribution in [0.2, 0.25) is 5.02 Å². The summed E-state index contributed by atoms with van der Waals surface area (Å²) in [6.07, 6.45) is 0.